The predicted octanol–water partition coefficient (Wildman–Crippen LogP) is 4.58. The van der Waals surface area contributed by atoms with Crippen molar-refractivity contribution >= 4 is 11.8 Å². The maximum Gasteiger partial charge on any atom is 0.425 e. The van der Waals surface area contributed by atoms with Gasteiger partial charge in [0.25, 0.3) is 0 Å². The Hall–Kier alpha value is -2.21. The van der Waals surface area contributed by atoms with Crippen LogP contribution in [0.15, 0.2) is 18.2 Å². The third-order valence-electron chi connectivity index (χ3n) is 8.57. The predicted molar refractivity (Wildman–Crippen MR) is 124 cm³/mol. The van der Waals surface area contributed by atoms with E-state index < -0.39 is 30.1 Å². The van der Waals surface area contributed by atoms with Gasteiger partial charge in [0.2, 0.25) is 0 Å². The van der Waals surface area contributed by atoms with Crippen molar-refractivity contribution in [1.29, 1.82) is 0 Å². The first-order valence-electron chi connectivity index (χ1n) is 12.7. The number of benzene rings is 1. The first-order valence-corrected chi connectivity index (χ1v) is 12.7. The number of rotatable bonds is 4. The third kappa shape index (κ3) is 5.23. The number of anilines is 1. The molecule has 0 saturated carbocycles. The topological polar surface area (TPSA) is 39.3 Å². The number of ether oxygens (including phenoxy) is 1. The molecule has 1 aromatic rings. The summed E-state index contributed by atoms with van der Waals surface area (Å²) in [5.74, 6) is 0. The smallest absolute Gasteiger partial charge is 0.425 e. The van der Waals surface area contributed by atoms with Gasteiger partial charge in [-0.15, -0.1) is 0 Å². The van der Waals surface area contributed by atoms with E-state index in [1.54, 1.807) is 6.07 Å². The highest BCUT2D eigenvalue weighted by atomic mass is 19.4. The molecule has 3 unspecified atom stereocenters. The van der Waals surface area contributed by atoms with Gasteiger partial charge in [-0.1, -0.05) is 6.07 Å². The lowest BCUT2D eigenvalue weighted by Gasteiger charge is -2.54. The van der Waals surface area contributed by atoms with Crippen molar-refractivity contribution in [2.45, 2.75) is 63.3 Å². The van der Waals surface area contributed by atoms with Crippen molar-refractivity contribution < 1.29 is 35.9 Å². The molecule has 4 heterocycles. The molecular formula is C25H32F6N4O2. The molecule has 0 N–H and O–H groups in total. The Morgan fingerprint density at radius 3 is 2.30 bits per heavy atom. The van der Waals surface area contributed by atoms with Gasteiger partial charge < -0.3 is 14.5 Å². The summed E-state index contributed by atoms with van der Waals surface area (Å²) in [5.41, 5.74) is 0.864. The second kappa shape index (κ2) is 9.21. The van der Waals surface area contributed by atoms with Crippen LogP contribution in [0.25, 0.3) is 0 Å². The number of carbonyl (C=O) groups is 1. The Labute approximate surface area is 212 Å². The van der Waals surface area contributed by atoms with Gasteiger partial charge in [-0.25, -0.2) is 4.79 Å². The fourth-order valence-electron chi connectivity index (χ4n) is 6.33. The summed E-state index contributed by atoms with van der Waals surface area (Å²) in [6.45, 7) is 5.04. The number of hydrogen-bond donors (Lipinski definition) is 0. The molecule has 6 nitrogen and oxygen atoms in total. The molecule has 4 aliphatic heterocycles. The fraction of sp³-hybridized carbons (Fsp3) is 0.720. The summed E-state index contributed by atoms with van der Waals surface area (Å²) in [5, 5.41) is 0. The zero-order valence-electron chi connectivity index (χ0n) is 20.9. The summed E-state index contributed by atoms with van der Waals surface area (Å²) in [7, 11) is 2.05. The van der Waals surface area contributed by atoms with Crippen molar-refractivity contribution in [3.63, 3.8) is 0 Å². The molecule has 5 rings (SSSR count). The third-order valence-corrected chi connectivity index (χ3v) is 8.57. The van der Waals surface area contributed by atoms with E-state index in [9.17, 15) is 31.1 Å². The van der Waals surface area contributed by atoms with Gasteiger partial charge in [0, 0.05) is 63.6 Å². The molecule has 37 heavy (non-hydrogen) atoms. The molecular weight excluding hydrogens is 502 g/mol. The molecule has 2 bridgehead atoms. The van der Waals surface area contributed by atoms with Crippen LogP contribution < -0.4 is 4.90 Å². The minimum atomic E-state index is -4.59. The zero-order chi connectivity index (χ0) is 26.8. The Morgan fingerprint density at radius 2 is 1.76 bits per heavy atom. The van der Waals surface area contributed by atoms with Gasteiger partial charge in [-0.2, -0.15) is 26.3 Å². The highest BCUT2D eigenvalue weighted by Gasteiger charge is 2.47. The van der Waals surface area contributed by atoms with Gasteiger partial charge in [-0.3, -0.25) is 9.80 Å². The van der Waals surface area contributed by atoms with Crippen LogP contribution in [-0.4, -0.2) is 91.5 Å². The molecule has 1 amide bonds. The summed E-state index contributed by atoms with van der Waals surface area (Å²) >= 11 is 0. The van der Waals surface area contributed by atoms with Gasteiger partial charge in [0.15, 0.2) is 6.10 Å². The monoisotopic (exact) mass is 534 g/mol. The molecule has 4 saturated heterocycles. The number of hydrogen-bond acceptors (Lipinski definition) is 5. The van der Waals surface area contributed by atoms with E-state index in [2.05, 4.69) is 26.5 Å². The van der Waals surface area contributed by atoms with Crippen LogP contribution >= 0.6 is 0 Å². The lowest BCUT2D eigenvalue weighted by atomic mass is 9.72. The summed E-state index contributed by atoms with van der Waals surface area (Å²) in [6.07, 6.45) is -9.84. The first kappa shape index (κ1) is 26.4. The number of carbonyl (C=O) groups excluding carboxylic acids is 1. The summed E-state index contributed by atoms with van der Waals surface area (Å²) in [6, 6.07) is 4.61. The number of piperidine rings is 1. The minimum absolute atomic E-state index is 0.0338. The van der Waals surface area contributed by atoms with Crippen LogP contribution in [0.1, 0.15) is 37.3 Å². The molecule has 0 radical (unpaired) electrons. The van der Waals surface area contributed by atoms with E-state index >= 15 is 0 Å². The van der Waals surface area contributed by atoms with E-state index in [0.29, 0.717) is 44.2 Å². The van der Waals surface area contributed by atoms with E-state index in [1.807, 2.05) is 0 Å². The second-order valence-electron chi connectivity index (χ2n) is 11.2. The number of likely N-dealkylation sites (N-methyl/N-ethyl adjacent to an activating group) is 1. The average molecular weight is 535 g/mol. The van der Waals surface area contributed by atoms with E-state index in [1.165, 1.54) is 11.0 Å². The highest BCUT2D eigenvalue weighted by Crippen LogP contribution is 2.44. The maximum atomic E-state index is 13.5. The lowest BCUT2D eigenvalue weighted by Crippen LogP contribution is -2.60. The van der Waals surface area contributed by atoms with E-state index in [0.717, 1.165) is 51.2 Å². The summed E-state index contributed by atoms with van der Waals surface area (Å²) < 4.78 is 83.1. The summed E-state index contributed by atoms with van der Waals surface area (Å²) in [4.78, 5) is 20.0. The number of amides is 1. The van der Waals surface area contributed by atoms with Crippen molar-refractivity contribution in [3.05, 3.63) is 29.3 Å². The molecule has 1 spiro atoms. The van der Waals surface area contributed by atoms with Crippen LogP contribution in [0.4, 0.5) is 36.8 Å². The highest BCUT2D eigenvalue weighted by molar-refractivity contribution is 5.68. The fourth-order valence-corrected chi connectivity index (χ4v) is 6.33. The number of piperazine rings is 1. The number of likely N-dealkylation sites (tertiary alicyclic amines) is 3. The largest absolute Gasteiger partial charge is 0.437 e. The normalized spacial score (nSPS) is 27.0. The van der Waals surface area contributed by atoms with Gasteiger partial charge in [-0.05, 0) is 56.3 Å². The van der Waals surface area contributed by atoms with Gasteiger partial charge in [0.1, 0.15) is 0 Å². The Balaban J connectivity index is 1.20. The molecule has 0 aliphatic carbocycles. The van der Waals surface area contributed by atoms with Gasteiger partial charge in [0.05, 0.1) is 5.56 Å². The Bertz CT molecular complexity index is 1010. The molecule has 12 heteroatoms. The van der Waals surface area contributed by atoms with Gasteiger partial charge >= 0.3 is 18.4 Å². The van der Waals surface area contributed by atoms with Crippen LogP contribution in [0, 0.1) is 5.41 Å². The van der Waals surface area contributed by atoms with Crippen LogP contribution in [0.2, 0.25) is 0 Å². The Kier molecular flexibility index (Phi) is 6.57. The molecule has 4 aliphatic rings. The quantitative estimate of drug-likeness (QED) is 0.529. The van der Waals surface area contributed by atoms with Crippen molar-refractivity contribution in [2.24, 2.45) is 5.41 Å². The van der Waals surface area contributed by atoms with Crippen molar-refractivity contribution in [1.82, 2.24) is 14.7 Å². The molecule has 3 atom stereocenters. The number of alkyl halides is 6. The number of halogens is 6. The van der Waals surface area contributed by atoms with E-state index in [-0.39, 0.29) is 11.5 Å². The maximum absolute atomic E-state index is 13.5. The average Bonchev–Trinajstić information content (AvgIpc) is 3.37. The van der Waals surface area contributed by atoms with E-state index in [4.69, 9.17) is 0 Å². The van der Waals surface area contributed by atoms with Crippen LogP contribution in [-0.2, 0) is 17.5 Å². The minimum Gasteiger partial charge on any atom is -0.437 e. The SMILES string of the molecule is CC(OC(=O)N1CCC2(CC1)CN(Cc1ccc(C(F)(F)F)cc1N1CC3CC1CN3C)C2)C(F)(F)F. The van der Waals surface area contributed by atoms with Crippen LogP contribution in [0.5, 0.6) is 0 Å². The molecule has 206 valence electrons. The second-order valence-corrected chi connectivity index (χ2v) is 11.2. The number of nitrogens with zero attached hydrogens (tertiary/aromatic N) is 4. The number of fused-ring (bicyclic) bond motifs is 2. The standard InChI is InChI=1S/C25H32F6N4O2/c1-16(24(26,27)28)37-22(36)34-7-5-23(6-8-34)14-33(15-23)11-17-3-4-18(25(29,30)31)9-21(17)35-13-19-10-20(35)12-32(19)2/h3-4,9,16,19-20H,5-8,10-15H2,1-2H3. The van der Waals surface area contributed by atoms with Crippen molar-refractivity contribution in [3.8, 4) is 0 Å². The first-order chi connectivity index (χ1) is 17.2. The van der Waals surface area contributed by atoms with Crippen molar-refractivity contribution in [2.75, 3.05) is 51.2 Å². The lowest BCUT2D eigenvalue weighted by molar-refractivity contribution is -0.200. The molecule has 0 aromatic heterocycles. The van der Waals surface area contributed by atoms with Crippen LogP contribution in [0.3, 0.4) is 0 Å². The Morgan fingerprint density at radius 1 is 1.08 bits per heavy atom. The molecule has 1 aromatic carbocycles. The molecule has 4 fully saturated rings. The zero-order valence-corrected chi connectivity index (χ0v) is 20.9.